The van der Waals surface area contributed by atoms with E-state index < -0.39 is 6.10 Å². The maximum atomic E-state index is 12.9. The van der Waals surface area contributed by atoms with Gasteiger partial charge in [0.05, 0.1) is 0 Å². The monoisotopic (exact) mass is 1150 g/mol. The molecule has 6 heteroatoms. The standard InChI is InChI=1S/C77H128O6/c1-4-7-10-13-16-19-22-25-28-30-32-33-34-35-36-37-38-39-40-41-42-43-44-45-46-48-49-52-55-58-61-64-67-70-76(79)82-73-74(72-81-75(78)69-66-63-60-57-54-51-27-24-21-18-15-12-9-6-3)83-77(80)71-68-65-62-59-56-53-50-47-31-29-26-23-20-17-14-11-8-5-2/h7,10,16,19,25,28-29,31-33,35-36,38-39,41-42,44-45,48-49,55,58,74H,4-6,8-9,11-15,17-18,20-24,26-27,30,34,37,40,43,46-47,50-54,56-57,59-73H2,1-3H3/b10-7-,19-16-,28-25-,31-29-,33-32-,36-35-,39-38-,42-41-,45-44-,49-48-,58-55-. The van der Waals surface area contributed by atoms with Crippen LogP contribution in [0.4, 0.5) is 0 Å². The average molecular weight is 1150 g/mol. The molecule has 0 aliphatic rings. The number of allylic oxidation sites excluding steroid dienone is 22. The fourth-order valence-corrected chi connectivity index (χ4v) is 9.47. The first-order valence-corrected chi connectivity index (χ1v) is 34.7. The van der Waals surface area contributed by atoms with Gasteiger partial charge in [-0.15, -0.1) is 0 Å². The summed E-state index contributed by atoms with van der Waals surface area (Å²) in [6.45, 7) is 6.51. The number of ether oxygens (including phenoxy) is 3. The number of carbonyl (C=O) groups excluding carboxylic acids is 3. The summed E-state index contributed by atoms with van der Waals surface area (Å²) in [5.41, 5.74) is 0. The highest BCUT2D eigenvalue weighted by molar-refractivity contribution is 5.71. The molecule has 472 valence electrons. The first kappa shape index (κ1) is 78.5. The normalized spacial score (nSPS) is 13.0. The lowest BCUT2D eigenvalue weighted by Gasteiger charge is -2.18. The van der Waals surface area contributed by atoms with Crippen LogP contribution in [-0.4, -0.2) is 37.2 Å². The number of rotatable bonds is 62. The molecule has 0 spiro atoms. The number of hydrogen-bond donors (Lipinski definition) is 0. The first-order chi connectivity index (χ1) is 41.0. The minimum Gasteiger partial charge on any atom is -0.462 e. The summed E-state index contributed by atoms with van der Waals surface area (Å²) in [5, 5.41) is 0. The van der Waals surface area contributed by atoms with Crippen molar-refractivity contribution in [2.75, 3.05) is 13.2 Å². The molecule has 0 aliphatic heterocycles. The van der Waals surface area contributed by atoms with Gasteiger partial charge in [0.1, 0.15) is 13.2 Å². The van der Waals surface area contributed by atoms with Crippen molar-refractivity contribution in [3.8, 4) is 0 Å². The zero-order valence-electron chi connectivity index (χ0n) is 54.2. The molecule has 1 unspecified atom stereocenters. The molecule has 0 aromatic carbocycles. The summed E-state index contributed by atoms with van der Waals surface area (Å²) in [6.07, 6.45) is 99.0. The van der Waals surface area contributed by atoms with Crippen LogP contribution in [0.25, 0.3) is 0 Å². The summed E-state index contributed by atoms with van der Waals surface area (Å²) >= 11 is 0. The Labute approximate surface area is 513 Å². The van der Waals surface area contributed by atoms with E-state index in [0.29, 0.717) is 25.7 Å². The molecule has 0 saturated heterocycles. The molecular weight excluding hydrogens is 1020 g/mol. The van der Waals surface area contributed by atoms with E-state index in [0.717, 1.165) is 116 Å². The van der Waals surface area contributed by atoms with Crippen molar-refractivity contribution in [3.05, 3.63) is 134 Å². The average Bonchev–Trinajstić information content (AvgIpc) is 3.49. The third kappa shape index (κ3) is 68.2. The predicted molar refractivity (Wildman–Crippen MR) is 362 cm³/mol. The third-order valence-corrected chi connectivity index (χ3v) is 14.6. The van der Waals surface area contributed by atoms with Crippen LogP contribution in [0.3, 0.4) is 0 Å². The molecule has 0 radical (unpaired) electrons. The van der Waals surface area contributed by atoms with Crippen molar-refractivity contribution in [3.63, 3.8) is 0 Å². The van der Waals surface area contributed by atoms with E-state index in [2.05, 4.69) is 154 Å². The Morgan fingerprint density at radius 2 is 0.470 bits per heavy atom. The number of unbranched alkanes of at least 4 members (excludes halogenated alkanes) is 29. The summed E-state index contributed by atoms with van der Waals surface area (Å²) in [6, 6.07) is 0. The second kappa shape index (κ2) is 70.0. The van der Waals surface area contributed by atoms with Gasteiger partial charge in [-0.2, -0.15) is 0 Å². The Balaban J connectivity index is 4.40. The van der Waals surface area contributed by atoms with Gasteiger partial charge in [-0.1, -0.05) is 309 Å². The molecule has 0 aromatic heterocycles. The second-order valence-electron chi connectivity index (χ2n) is 22.7. The highest BCUT2D eigenvalue weighted by Gasteiger charge is 2.19. The molecule has 0 bridgehead atoms. The molecule has 0 aromatic rings. The topological polar surface area (TPSA) is 78.9 Å². The highest BCUT2D eigenvalue weighted by Crippen LogP contribution is 2.16. The van der Waals surface area contributed by atoms with Crippen molar-refractivity contribution >= 4 is 17.9 Å². The van der Waals surface area contributed by atoms with Crippen LogP contribution in [0.1, 0.15) is 316 Å². The van der Waals surface area contributed by atoms with E-state index >= 15 is 0 Å². The highest BCUT2D eigenvalue weighted by atomic mass is 16.6. The van der Waals surface area contributed by atoms with Crippen molar-refractivity contribution in [2.24, 2.45) is 0 Å². The van der Waals surface area contributed by atoms with Gasteiger partial charge in [0.15, 0.2) is 6.10 Å². The van der Waals surface area contributed by atoms with Gasteiger partial charge in [0.25, 0.3) is 0 Å². The fraction of sp³-hybridized carbons (Fsp3) is 0.675. The minimum absolute atomic E-state index is 0.0933. The van der Waals surface area contributed by atoms with Gasteiger partial charge in [-0.25, -0.2) is 0 Å². The van der Waals surface area contributed by atoms with Gasteiger partial charge in [-0.05, 0) is 122 Å². The molecular formula is C77H128O6. The Bertz CT molecular complexity index is 1750. The van der Waals surface area contributed by atoms with Crippen LogP contribution < -0.4 is 0 Å². The van der Waals surface area contributed by atoms with Crippen LogP contribution in [0.5, 0.6) is 0 Å². The zero-order chi connectivity index (χ0) is 59.9. The van der Waals surface area contributed by atoms with E-state index in [1.807, 2.05) is 0 Å². The number of carbonyl (C=O) groups is 3. The van der Waals surface area contributed by atoms with Crippen LogP contribution in [0.2, 0.25) is 0 Å². The maximum absolute atomic E-state index is 12.9. The quantitative estimate of drug-likeness (QED) is 0.0261. The van der Waals surface area contributed by atoms with Crippen molar-refractivity contribution in [1.29, 1.82) is 0 Å². The molecule has 0 amide bonds. The zero-order valence-corrected chi connectivity index (χ0v) is 54.2. The predicted octanol–water partition coefficient (Wildman–Crippen LogP) is 24.1. The van der Waals surface area contributed by atoms with Crippen molar-refractivity contribution in [1.82, 2.24) is 0 Å². The lowest BCUT2D eigenvalue weighted by atomic mass is 10.0. The van der Waals surface area contributed by atoms with Gasteiger partial charge >= 0.3 is 17.9 Å². The molecule has 6 nitrogen and oxygen atoms in total. The molecule has 0 fully saturated rings. The van der Waals surface area contributed by atoms with Crippen molar-refractivity contribution in [2.45, 2.75) is 322 Å². The Kier molecular flexibility index (Phi) is 66.3. The smallest absolute Gasteiger partial charge is 0.306 e. The third-order valence-electron chi connectivity index (χ3n) is 14.6. The van der Waals surface area contributed by atoms with Gasteiger partial charge in [-0.3, -0.25) is 14.4 Å². The maximum Gasteiger partial charge on any atom is 0.306 e. The van der Waals surface area contributed by atoms with Gasteiger partial charge < -0.3 is 14.2 Å². The lowest BCUT2D eigenvalue weighted by molar-refractivity contribution is -0.167. The minimum atomic E-state index is -0.802. The number of esters is 3. The van der Waals surface area contributed by atoms with E-state index in [-0.39, 0.29) is 31.1 Å². The van der Waals surface area contributed by atoms with Crippen molar-refractivity contribution < 1.29 is 28.6 Å². The van der Waals surface area contributed by atoms with Gasteiger partial charge in [0.2, 0.25) is 0 Å². The van der Waals surface area contributed by atoms with Crippen LogP contribution >= 0.6 is 0 Å². The summed E-state index contributed by atoms with van der Waals surface area (Å²) < 4.78 is 16.9. The lowest BCUT2D eigenvalue weighted by Crippen LogP contribution is -2.30. The Hall–Kier alpha value is -4.45. The molecule has 0 heterocycles. The summed E-state index contributed by atoms with van der Waals surface area (Å²) in [5.74, 6) is -0.935. The number of hydrogen-bond acceptors (Lipinski definition) is 6. The molecule has 0 rings (SSSR count). The van der Waals surface area contributed by atoms with Crippen LogP contribution in [0.15, 0.2) is 134 Å². The molecule has 0 aliphatic carbocycles. The summed E-state index contributed by atoms with van der Waals surface area (Å²) in [4.78, 5) is 38.4. The molecule has 83 heavy (non-hydrogen) atoms. The molecule has 1 atom stereocenters. The Morgan fingerprint density at radius 3 is 0.771 bits per heavy atom. The van der Waals surface area contributed by atoms with E-state index in [9.17, 15) is 14.4 Å². The van der Waals surface area contributed by atoms with E-state index in [4.69, 9.17) is 14.2 Å². The van der Waals surface area contributed by atoms with Crippen LogP contribution in [-0.2, 0) is 28.6 Å². The van der Waals surface area contributed by atoms with E-state index in [1.165, 1.54) is 154 Å². The van der Waals surface area contributed by atoms with Crippen LogP contribution in [0, 0.1) is 0 Å². The van der Waals surface area contributed by atoms with E-state index in [1.54, 1.807) is 0 Å². The largest absolute Gasteiger partial charge is 0.462 e. The second-order valence-corrected chi connectivity index (χ2v) is 22.7. The van der Waals surface area contributed by atoms with Gasteiger partial charge in [0, 0.05) is 19.3 Å². The fourth-order valence-electron chi connectivity index (χ4n) is 9.47. The molecule has 0 N–H and O–H groups in total. The molecule has 0 saturated carbocycles. The Morgan fingerprint density at radius 1 is 0.253 bits per heavy atom. The SMILES string of the molecule is CC/C=C\C/C=C\C/C=C\C/C=C\C/C=C\C/C=C\C/C=C\C/C=C\C/C=C\C/C=C\CCCCC(=O)OCC(COC(=O)CCCCCCCCCCCCCCCC)OC(=O)CCCCCCCCC/C=C\CCCCCCCCC. The summed E-state index contributed by atoms with van der Waals surface area (Å²) in [7, 11) is 0. The first-order valence-electron chi connectivity index (χ1n) is 34.7.